The van der Waals surface area contributed by atoms with Gasteiger partial charge in [-0.2, -0.15) is 0 Å². The van der Waals surface area contributed by atoms with Gasteiger partial charge in [0.15, 0.2) is 0 Å². The van der Waals surface area contributed by atoms with Gasteiger partial charge in [-0.1, -0.05) is 156 Å². The zero-order chi connectivity index (χ0) is 46.0. The third-order valence-corrected chi connectivity index (χ3v) is 13.2. The van der Waals surface area contributed by atoms with Crippen LogP contribution in [0.25, 0.3) is 0 Å². The summed E-state index contributed by atoms with van der Waals surface area (Å²) >= 11 is 4.50. The van der Waals surface area contributed by atoms with Crippen LogP contribution in [-0.2, 0) is 22.7 Å². The molecule has 0 aromatic heterocycles. The van der Waals surface area contributed by atoms with E-state index in [2.05, 4.69) is 72.9 Å². The summed E-state index contributed by atoms with van der Waals surface area (Å²) in [5.74, 6) is 1.60. The Morgan fingerprint density at radius 2 is 0.609 bits per heavy atom. The van der Waals surface area contributed by atoms with Gasteiger partial charge in [-0.05, 0) is 107 Å². The van der Waals surface area contributed by atoms with Crippen LogP contribution in [0, 0.1) is 7.14 Å². The maximum atomic E-state index is 13.5. The van der Waals surface area contributed by atoms with E-state index in [1.165, 1.54) is 103 Å². The average molecular weight is 1110 g/mol. The number of hydrogen-bond acceptors (Lipinski definition) is 8. The average Bonchev–Trinajstić information content (AvgIpc) is 3.29. The van der Waals surface area contributed by atoms with Crippen LogP contribution < -0.4 is 18.9 Å². The minimum atomic E-state index is -0.438. The first-order valence-corrected chi connectivity index (χ1v) is 27.1. The van der Waals surface area contributed by atoms with Crippen molar-refractivity contribution in [2.45, 2.75) is 195 Å². The molecule has 0 spiro atoms. The number of unbranched alkanes of at least 4 members (excludes halogenated alkanes) is 20. The van der Waals surface area contributed by atoms with E-state index in [9.17, 15) is 9.59 Å². The molecule has 0 heterocycles. The van der Waals surface area contributed by atoms with Crippen molar-refractivity contribution in [3.63, 3.8) is 0 Å². The van der Waals surface area contributed by atoms with E-state index in [0.29, 0.717) is 60.6 Å². The van der Waals surface area contributed by atoms with E-state index in [1.807, 2.05) is 24.3 Å². The molecule has 0 unspecified atom stereocenters. The number of halogens is 2. The highest BCUT2D eigenvalue weighted by Crippen LogP contribution is 2.28. The molecule has 0 N–H and O–H groups in total. The van der Waals surface area contributed by atoms with Crippen molar-refractivity contribution in [2.75, 3.05) is 26.4 Å². The van der Waals surface area contributed by atoms with Crippen molar-refractivity contribution >= 4 is 57.1 Å². The van der Waals surface area contributed by atoms with Crippen molar-refractivity contribution in [2.24, 2.45) is 0 Å². The lowest BCUT2D eigenvalue weighted by Gasteiger charge is -2.14. The Morgan fingerprint density at radius 3 is 0.875 bits per heavy atom. The lowest BCUT2D eigenvalue weighted by molar-refractivity contribution is 0.0458. The molecule has 0 aliphatic carbocycles. The number of benzene rings is 3. The number of ether oxygens (including phenoxy) is 6. The molecule has 3 aromatic rings. The Hall–Kier alpha value is -2.74. The molecule has 0 radical (unpaired) electrons. The molecular weight excluding hydrogens is 1030 g/mol. The smallest absolute Gasteiger partial charge is 0.338 e. The van der Waals surface area contributed by atoms with Crippen molar-refractivity contribution in [1.82, 2.24) is 0 Å². The maximum Gasteiger partial charge on any atom is 0.338 e. The van der Waals surface area contributed by atoms with E-state index in [-0.39, 0.29) is 13.2 Å². The lowest BCUT2D eigenvalue weighted by atomic mass is 10.1. The Morgan fingerprint density at radius 1 is 0.359 bits per heavy atom. The van der Waals surface area contributed by atoms with Gasteiger partial charge >= 0.3 is 11.9 Å². The quantitative estimate of drug-likeness (QED) is 0.0318. The Balaban J connectivity index is 1.62. The van der Waals surface area contributed by atoms with Crippen molar-refractivity contribution in [1.29, 1.82) is 0 Å². The summed E-state index contributed by atoms with van der Waals surface area (Å²) in [4.78, 5) is 27.1. The molecule has 0 aliphatic rings. The first-order valence-electron chi connectivity index (χ1n) is 24.9. The van der Waals surface area contributed by atoms with E-state index < -0.39 is 11.9 Å². The predicted molar refractivity (Wildman–Crippen MR) is 278 cm³/mol. The fourth-order valence-electron chi connectivity index (χ4n) is 7.31. The summed E-state index contributed by atoms with van der Waals surface area (Å²) in [6, 6.07) is 14.8. The number of hydrogen-bond donors (Lipinski definition) is 0. The minimum Gasteiger partial charge on any atom is -0.493 e. The van der Waals surface area contributed by atoms with Gasteiger partial charge < -0.3 is 28.4 Å². The maximum absolute atomic E-state index is 13.5. The van der Waals surface area contributed by atoms with Crippen LogP contribution in [0.15, 0.2) is 48.5 Å². The van der Waals surface area contributed by atoms with Crippen LogP contribution in [0.5, 0.6) is 23.0 Å². The molecule has 3 rings (SSSR count). The lowest BCUT2D eigenvalue weighted by Crippen LogP contribution is -2.10. The predicted octanol–water partition coefficient (Wildman–Crippen LogP) is 16.6. The normalized spacial score (nSPS) is 11.1. The summed E-state index contributed by atoms with van der Waals surface area (Å²) in [6.07, 6.45) is 28.2. The first kappa shape index (κ1) is 55.6. The number of esters is 2. The summed E-state index contributed by atoms with van der Waals surface area (Å²) in [6.45, 7) is 11.5. The molecular formula is C54H80I2O8. The Bertz CT molecular complexity index is 1530. The topological polar surface area (TPSA) is 89.5 Å². The van der Waals surface area contributed by atoms with E-state index in [1.54, 1.807) is 24.3 Å². The molecule has 64 heavy (non-hydrogen) atoms. The standard InChI is InChI=1S/C54H80I2O8/c1-5-9-13-17-21-25-29-59-47-33-43(34-48(39-47)60-30-26-22-18-14-10-6-2)53(57)63-41-45-37-52(56)46(38-51(45)55)42-64-54(58)44-35-49(61-31-27-23-19-15-11-7-3)40-50(36-44)62-32-28-24-20-16-12-8-4/h33-40H,5-32,41-42H2,1-4H3. The monoisotopic (exact) mass is 1110 g/mol. The molecule has 0 bridgehead atoms. The molecule has 3 aromatic carbocycles. The Labute approximate surface area is 414 Å². The largest absolute Gasteiger partial charge is 0.493 e. The highest BCUT2D eigenvalue weighted by atomic mass is 127. The van der Waals surface area contributed by atoms with Crippen molar-refractivity contribution in [3.8, 4) is 23.0 Å². The highest BCUT2D eigenvalue weighted by molar-refractivity contribution is 14.1. The van der Waals surface area contributed by atoms with Crippen LogP contribution in [0.3, 0.4) is 0 Å². The molecule has 0 amide bonds. The minimum absolute atomic E-state index is 0.0943. The fraction of sp³-hybridized carbons (Fsp3) is 0.630. The van der Waals surface area contributed by atoms with Crippen LogP contribution in [0.2, 0.25) is 0 Å². The Kier molecular flexibility index (Phi) is 30.8. The number of carbonyl (C=O) groups excluding carboxylic acids is 2. The van der Waals surface area contributed by atoms with Gasteiger partial charge in [0.25, 0.3) is 0 Å². The van der Waals surface area contributed by atoms with Crippen LogP contribution in [0.4, 0.5) is 0 Å². The van der Waals surface area contributed by atoms with E-state index in [4.69, 9.17) is 28.4 Å². The van der Waals surface area contributed by atoms with E-state index in [0.717, 1.165) is 69.6 Å². The van der Waals surface area contributed by atoms with Crippen molar-refractivity contribution < 1.29 is 38.0 Å². The van der Waals surface area contributed by atoms with Gasteiger partial charge in [0.2, 0.25) is 0 Å². The molecule has 0 aliphatic heterocycles. The molecule has 358 valence electrons. The fourth-order valence-corrected chi connectivity index (χ4v) is 8.68. The van der Waals surface area contributed by atoms with Crippen LogP contribution in [0.1, 0.15) is 214 Å². The van der Waals surface area contributed by atoms with Crippen LogP contribution >= 0.6 is 45.2 Å². The molecule has 0 saturated carbocycles. The molecule has 0 atom stereocenters. The summed E-state index contributed by atoms with van der Waals surface area (Å²) in [5.41, 5.74) is 2.54. The molecule has 0 saturated heterocycles. The van der Waals surface area contributed by atoms with Gasteiger partial charge in [-0.15, -0.1) is 0 Å². The van der Waals surface area contributed by atoms with Gasteiger partial charge in [0.1, 0.15) is 36.2 Å². The molecule has 10 heteroatoms. The zero-order valence-corrected chi connectivity index (χ0v) is 44.2. The summed E-state index contributed by atoms with van der Waals surface area (Å²) < 4.78 is 38.1. The molecule has 0 fully saturated rings. The third kappa shape index (κ3) is 24.2. The van der Waals surface area contributed by atoms with Crippen LogP contribution in [-0.4, -0.2) is 38.4 Å². The van der Waals surface area contributed by atoms with Gasteiger partial charge in [0, 0.05) is 30.4 Å². The van der Waals surface area contributed by atoms with E-state index >= 15 is 0 Å². The summed E-state index contributed by atoms with van der Waals surface area (Å²) in [5, 5.41) is 0. The highest BCUT2D eigenvalue weighted by Gasteiger charge is 2.17. The van der Waals surface area contributed by atoms with Gasteiger partial charge in [0.05, 0.1) is 37.6 Å². The number of rotatable bonds is 38. The first-order chi connectivity index (χ1) is 31.3. The van der Waals surface area contributed by atoms with Crippen molar-refractivity contribution in [3.05, 3.63) is 77.9 Å². The van der Waals surface area contributed by atoms with Gasteiger partial charge in [-0.25, -0.2) is 9.59 Å². The second kappa shape index (κ2) is 35.5. The number of carbonyl (C=O) groups is 2. The third-order valence-electron chi connectivity index (χ3n) is 11.2. The SMILES string of the molecule is CCCCCCCCOc1cc(OCCCCCCCC)cc(C(=O)OCc2cc(I)c(COC(=O)c3cc(OCCCCCCCC)cc(OCCCCCCCC)c3)cc2I)c1. The second-order valence-corrected chi connectivity index (χ2v) is 19.4. The van der Waals surface area contributed by atoms with Gasteiger partial charge in [-0.3, -0.25) is 0 Å². The second-order valence-electron chi connectivity index (χ2n) is 17.0. The summed E-state index contributed by atoms with van der Waals surface area (Å²) in [7, 11) is 0. The molecule has 8 nitrogen and oxygen atoms in total. The zero-order valence-electron chi connectivity index (χ0n) is 39.9.